The number of aromatic nitrogens is 7. The van der Waals surface area contributed by atoms with Gasteiger partial charge in [0.15, 0.2) is 0 Å². The van der Waals surface area contributed by atoms with Crippen molar-refractivity contribution in [3.8, 4) is 43.4 Å². The maximum Gasteiger partial charge on any atom is 0.415 e. The summed E-state index contributed by atoms with van der Waals surface area (Å²) in [6, 6.07) is 9.13. The van der Waals surface area contributed by atoms with Crippen LogP contribution in [0.1, 0.15) is 126 Å². The van der Waals surface area contributed by atoms with Crippen molar-refractivity contribution in [2.45, 2.75) is 83.4 Å². The number of fused-ring (bicyclic) bond motifs is 14. The van der Waals surface area contributed by atoms with Gasteiger partial charge in [0.1, 0.15) is 88.3 Å². The Labute approximate surface area is 524 Å². The quantitative estimate of drug-likeness (QED) is 0.0519. The monoisotopic (exact) mass is 1310 g/mol. The summed E-state index contributed by atoms with van der Waals surface area (Å²) in [4.78, 5) is 142. The molecule has 1 aliphatic heterocycles. The molecule has 88 heavy (non-hydrogen) atoms. The fourth-order valence-corrected chi connectivity index (χ4v) is 14.8. The first kappa shape index (κ1) is 62.7. The van der Waals surface area contributed by atoms with Crippen molar-refractivity contribution in [3.63, 3.8) is 0 Å². The lowest BCUT2D eigenvalue weighted by Gasteiger charge is -2.33. The molecular weight excluding hydrogens is 1260 g/mol. The van der Waals surface area contributed by atoms with Crippen LogP contribution in [0.3, 0.4) is 0 Å². The van der Waals surface area contributed by atoms with E-state index in [4.69, 9.17) is 34.4 Å². The summed E-state index contributed by atoms with van der Waals surface area (Å²) in [6.45, 7) is 4.56. The third-order valence-electron chi connectivity index (χ3n) is 14.0. The summed E-state index contributed by atoms with van der Waals surface area (Å²) >= 11 is 6.86. The molecule has 458 valence electrons. The number of pyridine rings is 1. The maximum absolute atomic E-state index is 14.4. The van der Waals surface area contributed by atoms with E-state index in [1.54, 1.807) is 60.1 Å². The van der Waals surface area contributed by atoms with Crippen LogP contribution in [0.5, 0.6) is 0 Å². The predicted molar refractivity (Wildman–Crippen MR) is 327 cm³/mol. The van der Waals surface area contributed by atoms with Crippen LogP contribution in [-0.2, 0) is 35.3 Å². The number of hydrogen-bond acceptors (Lipinski definition) is 24. The number of nitrogens with zero attached hydrogens (tertiary/aromatic N) is 8. The molecule has 6 amide bonds. The molecule has 8 aromatic rings. The number of aliphatic carboxylic acids is 2. The van der Waals surface area contributed by atoms with E-state index in [-0.39, 0.29) is 71.9 Å². The number of carbonyl (C=O) groups excluding carboxylic acids is 6. The Hall–Kier alpha value is -8.37. The first-order valence-corrected chi connectivity index (χ1v) is 32.3. The molecule has 8 N–H and O–H groups in total. The number of hydrogen-bond donors (Lipinski definition) is 8. The number of aliphatic hydroxyl groups excluding tert-OH is 1. The van der Waals surface area contributed by atoms with Crippen LogP contribution in [0.25, 0.3) is 43.4 Å². The number of benzene rings is 1. The number of aryl methyl sites for hydroxylation is 1. The zero-order valence-electron chi connectivity index (χ0n) is 47.3. The van der Waals surface area contributed by atoms with Crippen LogP contribution >= 0.6 is 68.0 Å². The Morgan fingerprint density at radius 1 is 0.716 bits per heavy atom. The molecular formula is C56H55N13O13S6. The van der Waals surface area contributed by atoms with Gasteiger partial charge in [-0.05, 0) is 43.4 Å². The number of aliphatic hydroxyl groups is 1. The Morgan fingerprint density at radius 2 is 1.42 bits per heavy atom. The van der Waals surface area contributed by atoms with Gasteiger partial charge in [0.2, 0.25) is 11.8 Å². The number of rotatable bonds is 14. The molecule has 4 atom stereocenters. The van der Waals surface area contributed by atoms with Gasteiger partial charge in [0.05, 0.1) is 54.6 Å². The molecule has 1 fully saturated rings. The van der Waals surface area contributed by atoms with Crippen LogP contribution in [0.4, 0.5) is 10.6 Å². The number of carbonyl (C=O) groups is 8. The highest BCUT2D eigenvalue weighted by Gasteiger charge is 2.39. The van der Waals surface area contributed by atoms with E-state index in [9.17, 15) is 53.7 Å². The normalized spacial score (nSPS) is 18.4. The molecule has 0 spiro atoms. The second kappa shape index (κ2) is 27.3. The SMILES string of the molecule is CNC(=O)C[C@@H]1NC(=O)c2csc(n2)-c2ccc(-c3nc(N(CCC(=O)O)C(=O)OC4CC(C(=O)O)C4)cs3)nc2-c2csc(n2)-c2csc(n2)[C@H]([C@@H](O)c2ccccc2)NC(=O)CNC(=O)c2nc(sc2COC)C(C(C)C)NC(=O)c2nc1sc2C. The standard InChI is InChI=1S/C56H55N13O13S6/c1-24(2)40-54-68-43(35(88-54)19-81-5)47(76)58-18-38(71)65-44(45(74)26-9-7-6-8-10-26)53-63-34(22-85-53)51-61-32(20-84-51)42-29(49-62-33(21-83-49)46(75)60-31(17-37(70)57-4)52-67-41(25(3)87-52)48(77)66-40)11-12-30(59-42)50-64-36(23-86-50)69(14-13-39(72)73)56(80)82-28-15-27(16-28)55(78)79/h6-12,20-24,27-28,31,40,44-45,74H,13-19H2,1-5H3,(H,57,70)(H,58,76)(H,60,75)(H,65,71)(H,66,77)(H,72,73)(H,78,79)/t27?,28?,31-,40?,44-,45-/m0/s1. The van der Waals surface area contributed by atoms with Gasteiger partial charge in [-0.3, -0.25) is 38.5 Å². The van der Waals surface area contributed by atoms with Gasteiger partial charge < -0.3 is 51.4 Å². The van der Waals surface area contributed by atoms with Crippen LogP contribution in [0, 0.1) is 18.8 Å². The molecule has 1 aromatic carbocycles. The van der Waals surface area contributed by atoms with Crippen molar-refractivity contribution in [2.75, 3.05) is 32.1 Å². The second-order valence-electron chi connectivity index (χ2n) is 20.5. The number of thiazole rings is 6. The number of nitrogens with one attached hydrogen (secondary N) is 5. The fourth-order valence-electron chi connectivity index (χ4n) is 9.28. The van der Waals surface area contributed by atoms with Gasteiger partial charge in [-0.15, -0.1) is 68.0 Å². The average Bonchev–Trinajstić information content (AvgIpc) is 3.40. The summed E-state index contributed by atoms with van der Waals surface area (Å²) in [5, 5.41) is 53.4. The van der Waals surface area contributed by atoms with Crippen LogP contribution in [-0.4, -0.2) is 131 Å². The molecule has 0 saturated heterocycles. The minimum absolute atomic E-state index is 0.0169. The van der Waals surface area contributed by atoms with Gasteiger partial charge >= 0.3 is 18.0 Å². The summed E-state index contributed by atoms with van der Waals surface area (Å²) in [7, 11) is 2.91. The second-order valence-corrected chi connectivity index (χ2v) is 26.3. The molecule has 7 aromatic heterocycles. The smallest absolute Gasteiger partial charge is 0.415 e. The molecule has 1 saturated carbocycles. The van der Waals surface area contributed by atoms with Crippen molar-refractivity contribution in [1.82, 2.24) is 61.5 Å². The topological polar surface area (TPSA) is 369 Å². The predicted octanol–water partition coefficient (Wildman–Crippen LogP) is 7.59. The number of methoxy groups -OCH3 is 1. The largest absolute Gasteiger partial charge is 0.481 e. The Kier molecular flexibility index (Phi) is 19.5. The minimum atomic E-state index is -1.31. The first-order valence-electron chi connectivity index (χ1n) is 27.1. The summed E-state index contributed by atoms with van der Waals surface area (Å²) in [5.74, 6) is -6.09. The lowest BCUT2D eigenvalue weighted by atomic mass is 9.82. The van der Waals surface area contributed by atoms with Crippen molar-refractivity contribution in [3.05, 3.63) is 111 Å². The number of anilines is 1. The molecule has 1 aliphatic carbocycles. The zero-order chi connectivity index (χ0) is 62.5. The Morgan fingerprint density at radius 3 is 2.15 bits per heavy atom. The molecule has 8 heterocycles. The van der Waals surface area contributed by atoms with Crippen LogP contribution in [0.15, 0.2) is 64.0 Å². The van der Waals surface area contributed by atoms with Crippen molar-refractivity contribution in [2.24, 2.45) is 11.8 Å². The zero-order valence-corrected chi connectivity index (χ0v) is 52.2. The lowest BCUT2D eigenvalue weighted by Crippen LogP contribution is -2.42. The Bertz CT molecular complexity index is 3940. The Balaban J connectivity index is 1.04. The van der Waals surface area contributed by atoms with E-state index in [2.05, 4.69) is 36.6 Å². The van der Waals surface area contributed by atoms with Crippen LogP contribution in [0.2, 0.25) is 0 Å². The van der Waals surface area contributed by atoms with E-state index in [1.807, 2.05) is 13.8 Å². The third kappa shape index (κ3) is 14.1. The van der Waals surface area contributed by atoms with Crippen molar-refractivity contribution in [1.29, 1.82) is 0 Å². The number of carboxylic acid groups (broad SMARTS) is 2. The molecule has 10 rings (SSSR count). The molecule has 0 radical (unpaired) electrons. The molecule has 2 aliphatic rings. The van der Waals surface area contributed by atoms with Gasteiger partial charge in [-0.25, -0.2) is 39.7 Å². The number of ether oxygens (including phenoxy) is 2. The van der Waals surface area contributed by atoms with Gasteiger partial charge in [-0.2, -0.15) is 0 Å². The lowest BCUT2D eigenvalue weighted by molar-refractivity contribution is -0.148. The summed E-state index contributed by atoms with van der Waals surface area (Å²) in [6.07, 6.45) is -3.37. The molecule has 10 bridgehead atoms. The highest BCUT2D eigenvalue weighted by molar-refractivity contribution is 7.15. The highest BCUT2D eigenvalue weighted by atomic mass is 32.1. The summed E-state index contributed by atoms with van der Waals surface area (Å²) < 4.78 is 11.0. The molecule has 32 heteroatoms. The van der Waals surface area contributed by atoms with E-state index in [0.29, 0.717) is 63.0 Å². The van der Waals surface area contributed by atoms with E-state index in [1.165, 1.54) is 36.3 Å². The highest BCUT2D eigenvalue weighted by Crippen LogP contribution is 2.41. The molecule has 26 nitrogen and oxygen atoms in total. The van der Waals surface area contributed by atoms with Crippen molar-refractivity contribution >= 4 is 121 Å². The third-order valence-corrected chi connectivity index (χ3v) is 19.7. The van der Waals surface area contributed by atoms with E-state index < -0.39 is 96.8 Å². The maximum atomic E-state index is 14.4. The van der Waals surface area contributed by atoms with E-state index >= 15 is 0 Å². The minimum Gasteiger partial charge on any atom is -0.481 e. The fraction of sp³-hybridized carbons (Fsp3) is 0.339. The summed E-state index contributed by atoms with van der Waals surface area (Å²) in [5.41, 5.74) is 2.16. The van der Waals surface area contributed by atoms with Gasteiger partial charge in [0.25, 0.3) is 17.7 Å². The van der Waals surface area contributed by atoms with Crippen molar-refractivity contribution < 1.29 is 63.1 Å². The number of carboxylic acids is 2. The number of amides is 6. The van der Waals surface area contributed by atoms with Crippen LogP contribution < -0.4 is 31.5 Å². The average molecular weight is 1310 g/mol. The molecule has 1 unspecified atom stereocenters. The van der Waals surface area contributed by atoms with E-state index in [0.717, 1.165) is 61.6 Å². The first-order chi connectivity index (χ1) is 42.2. The van der Waals surface area contributed by atoms with Gasteiger partial charge in [-0.1, -0.05) is 44.2 Å². The van der Waals surface area contributed by atoms with Gasteiger partial charge in [0, 0.05) is 52.7 Å².